The summed E-state index contributed by atoms with van der Waals surface area (Å²) in [5, 5.41) is 9.90. The van der Waals surface area contributed by atoms with Gasteiger partial charge in [-0.1, -0.05) is 36.4 Å². The standard InChI is InChI=1S/C25H22N2O6S/c1-16-11-17(2)13-21(12-16)26-24(28)23(15-18-7-4-5-10-22(18)33-3)34(31,32)25(26)19-8-6-9-20(14-19)27(29)30/h4-15,25H,1-3H3/b23-15+. The van der Waals surface area contributed by atoms with Gasteiger partial charge in [0.05, 0.1) is 12.0 Å². The summed E-state index contributed by atoms with van der Waals surface area (Å²) >= 11 is 0. The average Bonchev–Trinajstić information content (AvgIpc) is 2.99. The van der Waals surface area contributed by atoms with Crippen molar-refractivity contribution in [2.75, 3.05) is 12.0 Å². The number of hydrogen-bond acceptors (Lipinski definition) is 6. The Bertz CT molecular complexity index is 1430. The molecule has 0 N–H and O–H groups in total. The van der Waals surface area contributed by atoms with Crippen LogP contribution in [0, 0.1) is 24.0 Å². The first-order chi connectivity index (χ1) is 16.1. The molecule has 3 aromatic rings. The molecule has 0 saturated carbocycles. The van der Waals surface area contributed by atoms with Crippen LogP contribution in [-0.4, -0.2) is 26.4 Å². The van der Waals surface area contributed by atoms with Crippen LogP contribution in [0.2, 0.25) is 0 Å². The average molecular weight is 479 g/mol. The van der Waals surface area contributed by atoms with Crippen molar-refractivity contribution in [3.63, 3.8) is 0 Å². The largest absolute Gasteiger partial charge is 0.496 e. The van der Waals surface area contributed by atoms with E-state index in [4.69, 9.17) is 4.74 Å². The van der Waals surface area contributed by atoms with Gasteiger partial charge in [0.1, 0.15) is 10.7 Å². The molecule has 1 fully saturated rings. The lowest BCUT2D eigenvalue weighted by molar-refractivity contribution is -0.384. The number of ether oxygens (including phenoxy) is 1. The maximum absolute atomic E-state index is 13.8. The van der Waals surface area contributed by atoms with E-state index < -0.39 is 30.9 Å². The highest BCUT2D eigenvalue weighted by atomic mass is 32.2. The predicted molar refractivity (Wildman–Crippen MR) is 129 cm³/mol. The Hall–Kier alpha value is -3.98. The Morgan fingerprint density at radius 2 is 1.68 bits per heavy atom. The summed E-state index contributed by atoms with van der Waals surface area (Å²) in [5.74, 6) is -0.304. The molecule has 4 rings (SSSR count). The second kappa shape index (κ2) is 8.75. The lowest BCUT2D eigenvalue weighted by Crippen LogP contribution is -2.29. The van der Waals surface area contributed by atoms with Gasteiger partial charge >= 0.3 is 0 Å². The summed E-state index contributed by atoms with van der Waals surface area (Å²) in [6.07, 6.45) is 1.30. The van der Waals surface area contributed by atoms with E-state index in [0.29, 0.717) is 17.0 Å². The maximum atomic E-state index is 13.8. The molecule has 0 aromatic heterocycles. The number of rotatable bonds is 5. The number of methoxy groups -OCH3 is 1. The van der Waals surface area contributed by atoms with Crippen LogP contribution in [0.5, 0.6) is 5.75 Å². The molecule has 1 aliphatic heterocycles. The summed E-state index contributed by atoms with van der Waals surface area (Å²) < 4.78 is 32.9. The van der Waals surface area contributed by atoms with Crippen molar-refractivity contribution in [1.29, 1.82) is 0 Å². The lowest BCUT2D eigenvalue weighted by atomic mass is 10.1. The van der Waals surface area contributed by atoms with Crippen LogP contribution in [0.1, 0.15) is 27.6 Å². The molecule has 1 unspecified atom stereocenters. The van der Waals surface area contributed by atoms with E-state index >= 15 is 0 Å². The number of non-ortho nitro benzene ring substituents is 1. The van der Waals surface area contributed by atoms with E-state index in [9.17, 15) is 23.3 Å². The van der Waals surface area contributed by atoms with E-state index in [0.717, 1.165) is 11.1 Å². The zero-order chi connectivity index (χ0) is 24.6. The molecule has 0 spiro atoms. The first-order valence-electron chi connectivity index (χ1n) is 10.4. The Balaban J connectivity index is 1.98. The van der Waals surface area contributed by atoms with Gasteiger partial charge in [0, 0.05) is 23.4 Å². The number of para-hydroxylation sites is 1. The Morgan fingerprint density at radius 1 is 1.00 bits per heavy atom. The molecular weight excluding hydrogens is 456 g/mol. The van der Waals surface area contributed by atoms with Crippen molar-refractivity contribution < 1.29 is 22.9 Å². The van der Waals surface area contributed by atoms with Crippen LogP contribution in [0.4, 0.5) is 11.4 Å². The molecule has 1 heterocycles. The molecule has 0 aliphatic carbocycles. The highest BCUT2D eigenvalue weighted by Gasteiger charge is 2.50. The summed E-state index contributed by atoms with van der Waals surface area (Å²) in [6.45, 7) is 3.69. The quantitative estimate of drug-likeness (QED) is 0.298. The monoisotopic (exact) mass is 478 g/mol. The van der Waals surface area contributed by atoms with Gasteiger partial charge in [0.2, 0.25) is 9.84 Å². The summed E-state index contributed by atoms with van der Waals surface area (Å²) in [4.78, 5) is 25.2. The molecule has 0 bridgehead atoms. The van der Waals surface area contributed by atoms with Gasteiger partial charge in [-0.3, -0.25) is 19.8 Å². The van der Waals surface area contributed by atoms with Crippen LogP contribution in [0.15, 0.2) is 71.6 Å². The van der Waals surface area contributed by atoms with Crippen molar-refractivity contribution in [3.05, 3.63) is 104 Å². The zero-order valence-electron chi connectivity index (χ0n) is 18.8. The fraction of sp³-hybridized carbons (Fsp3) is 0.160. The molecule has 174 valence electrons. The number of nitro benzene ring substituents is 1. The first kappa shape index (κ1) is 23.2. The number of carbonyl (C=O) groups excluding carboxylic acids is 1. The van der Waals surface area contributed by atoms with E-state index in [-0.39, 0.29) is 11.3 Å². The second-order valence-corrected chi connectivity index (χ2v) is 10.00. The minimum absolute atomic E-state index is 0.130. The van der Waals surface area contributed by atoms with E-state index in [1.807, 2.05) is 19.9 Å². The Kier molecular flexibility index (Phi) is 5.97. The van der Waals surface area contributed by atoms with Crippen LogP contribution in [0.3, 0.4) is 0 Å². The summed E-state index contributed by atoms with van der Waals surface area (Å²) in [5.41, 5.74) is 2.39. The number of carbonyl (C=O) groups is 1. The minimum Gasteiger partial charge on any atom is -0.496 e. The van der Waals surface area contributed by atoms with Gasteiger partial charge in [0.25, 0.3) is 11.6 Å². The van der Waals surface area contributed by atoms with Gasteiger partial charge in [-0.05, 0) is 54.8 Å². The number of hydrogen-bond donors (Lipinski definition) is 0. The van der Waals surface area contributed by atoms with Crippen molar-refractivity contribution in [2.24, 2.45) is 0 Å². The summed E-state index contributed by atoms with van der Waals surface area (Å²) in [6, 6.07) is 17.5. The van der Waals surface area contributed by atoms with E-state index in [1.165, 1.54) is 42.4 Å². The highest BCUT2D eigenvalue weighted by molar-refractivity contribution is 7.97. The Labute approximate surface area is 197 Å². The van der Waals surface area contributed by atoms with Gasteiger partial charge < -0.3 is 4.74 Å². The van der Waals surface area contributed by atoms with Crippen LogP contribution >= 0.6 is 0 Å². The van der Waals surface area contributed by atoms with Gasteiger partial charge in [-0.15, -0.1) is 0 Å². The van der Waals surface area contributed by atoms with Crippen molar-refractivity contribution >= 4 is 33.2 Å². The third-order valence-electron chi connectivity index (χ3n) is 5.54. The molecule has 3 aromatic carbocycles. The van der Waals surface area contributed by atoms with Crippen LogP contribution < -0.4 is 9.64 Å². The maximum Gasteiger partial charge on any atom is 0.271 e. The number of nitrogens with zero attached hydrogens (tertiary/aromatic N) is 2. The topological polar surface area (TPSA) is 107 Å². The molecule has 34 heavy (non-hydrogen) atoms. The third-order valence-corrected chi connectivity index (χ3v) is 7.52. The van der Waals surface area contributed by atoms with Gasteiger partial charge in [0.15, 0.2) is 5.37 Å². The highest BCUT2D eigenvalue weighted by Crippen LogP contribution is 2.44. The first-order valence-corrected chi connectivity index (χ1v) is 11.9. The smallest absolute Gasteiger partial charge is 0.271 e. The normalized spacial score (nSPS) is 18.3. The fourth-order valence-corrected chi connectivity index (χ4v) is 6.01. The number of aryl methyl sites for hydroxylation is 2. The molecule has 9 heteroatoms. The van der Waals surface area contributed by atoms with Crippen LogP contribution in [0.25, 0.3) is 6.08 Å². The second-order valence-electron chi connectivity index (χ2n) is 8.02. The lowest BCUT2D eigenvalue weighted by Gasteiger charge is -2.24. The number of benzene rings is 3. The predicted octanol–water partition coefficient (Wildman–Crippen LogP) is 4.72. The number of amides is 1. The van der Waals surface area contributed by atoms with E-state index in [1.54, 1.807) is 36.4 Å². The van der Waals surface area contributed by atoms with Gasteiger partial charge in [-0.25, -0.2) is 8.42 Å². The van der Waals surface area contributed by atoms with Crippen LogP contribution in [-0.2, 0) is 14.6 Å². The SMILES string of the molecule is COc1ccccc1/C=C1\C(=O)N(c2cc(C)cc(C)c2)C(c2cccc([N+](=O)[O-])c2)S1(=O)=O. The van der Waals surface area contributed by atoms with Crippen molar-refractivity contribution in [3.8, 4) is 5.75 Å². The molecule has 1 amide bonds. The fourth-order valence-electron chi connectivity index (χ4n) is 4.14. The minimum atomic E-state index is -4.26. The zero-order valence-corrected chi connectivity index (χ0v) is 19.6. The Morgan fingerprint density at radius 3 is 2.32 bits per heavy atom. The van der Waals surface area contributed by atoms with Crippen molar-refractivity contribution in [1.82, 2.24) is 0 Å². The molecule has 1 atom stereocenters. The molecule has 8 nitrogen and oxygen atoms in total. The van der Waals surface area contributed by atoms with Gasteiger partial charge in [-0.2, -0.15) is 0 Å². The number of sulfone groups is 1. The summed E-state index contributed by atoms with van der Waals surface area (Å²) in [7, 11) is -2.81. The van der Waals surface area contributed by atoms with E-state index in [2.05, 4.69) is 0 Å². The molecular formula is C25H22N2O6S. The third kappa shape index (κ3) is 4.06. The molecule has 1 aliphatic rings. The number of nitro groups is 1. The molecule has 1 saturated heterocycles. The van der Waals surface area contributed by atoms with Crippen molar-refractivity contribution in [2.45, 2.75) is 19.2 Å². The number of anilines is 1. The molecule has 0 radical (unpaired) electrons.